The van der Waals surface area contributed by atoms with Crippen LogP contribution in [0.2, 0.25) is 0 Å². The molecule has 3 heterocycles. The number of thioether (sulfide) groups is 1. The Labute approximate surface area is 121 Å². The second-order valence-electron chi connectivity index (χ2n) is 5.03. The minimum absolute atomic E-state index is 0.532. The van der Waals surface area contributed by atoms with E-state index in [-0.39, 0.29) is 0 Å². The van der Waals surface area contributed by atoms with Crippen molar-refractivity contribution in [3.05, 3.63) is 42.3 Å². The number of fused-ring (bicyclic) bond motifs is 1. The van der Waals surface area contributed by atoms with Crippen molar-refractivity contribution in [1.29, 1.82) is 0 Å². The lowest BCUT2D eigenvalue weighted by Crippen LogP contribution is -1.96. The second-order valence-corrected chi connectivity index (χ2v) is 5.97. The standard InChI is InChI=1S/C14H16N4OS/c1-10(2)7-12-16-13(19-17-12)9-20-14-15-8-11-5-3-4-6-18(11)14/h3-6,8,10H,7,9H2,1-2H3. The van der Waals surface area contributed by atoms with Crippen molar-refractivity contribution < 1.29 is 4.52 Å². The van der Waals surface area contributed by atoms with E-state index < -0.39 is 0 Å². The summed E-state index contributed by atoms with van der Waals surface area (Å²) in [6.07, 6.45) is 4.71. The van der Waals surface area contributed by atoms with Gasteiger partial charge in [-0.25, -0.2) is 4.98 Å². The van der Waals surface area contributed by atoms with Crippen LogP contribution in [0.15, 0.2) is 40.3 Å². The van der Waals surface area contributed by atoms with Crippen LogP contribution in [-0.2, 0) is 12.2 Å². The molecule has 0 bridgehead atoms. The number of hydrogen-bond donors (Lipinski definition) is 0. The quantitative estimate of drug-likeness (QED) is 0.675. The van der Waals surface area contributed by atoms with Gasteiger partial charge in [-0.1, -0.05) is 36.8 Å². The summed E-state index contributed by atoms with van der Waals surface area (Å²) < 4.78 is 7.31. The van der Waals surface area contributed by atoms with E-state index in [1.807, 2.05) is 30.6 Å². The Hall–Kier alpha value is -1.82. The van der Waals surface area contributed by atoms with Crippen LogP contribution in [0.5, 0.6) is 0 Å². The molecule has 0 unspecified atom stereocenters. The van der Waals surface area contributed by atoms with Crippen molar-refractivity contribution >= 4 is 17.3 Å². The minimum Gasteiger partial charge on any atom is -0.338 e. The third kappa shape index (κ3) is 2.85. The van der Waals surface area contributed by atoms with Crippen molar-refractivity contribution in [2.75, 3.05) is 0 Å². The molecule has 0 aromatic carbocycles. The highest BCUT2D eigenvalue weighted by molar-refractivity contribution is 7.98. The van der Waals surface area contributed by atoms with Crippen molar-refractivity contribution in [3.63, 3.8) is 0 Å². The zero-order chi connectivity index (χ0) is 13.9. The van der Waals surface area contributed by atoms with Gasteiger partial charge < -0.3 is 4.52 Å². The highest BCUT2D eigenvalue weighted by atomic mass is 32.2. The number of imidazole rings is 1. The predicted molar refractivity (Wildman–Crippen MR) is 77.6 cm³/mol. The highest BCUT2D eigenvalue weighted by Crippen LogP contribution is 2.22. The van der Waals surface area contributed by atoms with Gasteiger partial charge in [0, 0.05) is 12.6 Å². The molecule has 104 valence electrons. The summed E-state index contributed by atoms with van der Waals surface area (Å²) in [6.45, 7) is 4.28. The molecule has 0 spiro atoms. The van der Waals surface area contributed by atoms with Crippen LogP contribution in [0.1, 0.15) is 25.6 Å². The summed E-state index contributed by atoms with van der Waals surface area (Å²) in [6, 6.07) is 6.03. The van der Waals surface area contributed by atoms with Gasteiger partial charge in [-0.15, -0.1) is 0 Å². The Kier molecular flexibility index (Phi) is 3.73. The van der Waals surface area contributed by atoms with Gasteiger partial charge in [0.25, 0.3) is 0 Å². The third-order valence-electron chi connectivity index (χ3n) is 2.83. The molecule has 0 saturated heterocycles. The summed E-state index contributed by atoms with van der Waals surface area (Å²) in [4.78, 5) is 8.80. The van der Waals surface area contributed by atoms with Gasteiger partial charge in [0.2, 0.25) is 5.89 Å². The number of nitrogens with zero attached hydrogens (tertiary/aromatic N) is 4. The second kappa shape index (κ2) is 5.66. The highest BCUT2D eigenvalue weighted by Gasteiger charge is 2.10. The maximum Gasteiger partial charge on any atom is 0.237 e. The summed E-state index contributed by atoms with van der Waals surface area (Å²) in [5.74, 6) is 2.60. The van der Waals surface area contributed by atoms with E-state index in [4.69, 9.17) is 4.52 Å². The van der Waals surface area contributed by atoms with Crippen molar-refractivity contribution in [3.8, 4) is 0 Å². The van der Waals surface area contributed by atoms with Gasteiger partial charge in [0.15, 0.2) is 11.0 Å². The van der Waals surface area contributed by atoms with Crippen molar-refractivity contribution in [2.45, 2.75) is 31.2 Å². The summed E-state index contributed by atoms with van der Waals surface area (Å²) in [5.41, 5.74) is 1.08. The molecule has 3 aromatic rings. The Morgan fingerprint density at radius 2 is 2.25 bits per heavy atom. The van der Waals surface area contributed by atoms with E-state index >= 15 is 0 Å². The average Bonchev–Trinajstić information content (AvgIpc) is 3.02. The fourth-order valence-corrected chi connectivity index (χ4v) is 2.75. The van der Waals surface area contributed by atoms with Gasteiger partial charge in [-0.05, 0) is 18.1 Å². The average molecular weight is 288 g/mol. The van der Waals surface area contributed by atoms with Crippen LogP contribution >= 0.6 is 11.8 Å². The smallest absolute Gasteiger partial charge is 0.237 e. The lowest BCUT2D eigenvalue weighted by molar-refractivity contribution is 0.382. The fourth-order valence-electron chi connectivity index (χ4n) is 1.95. The first-order chi connectivity index (χ1) is 9.72. The number of hydrogen-bond acceptors (Lipinski definition) is 5. The molecule has 0 aliphatic rings. The van der Waals surface area contributed by atoms with Crippen LogP contribution in [-0.4, -0.2) is 19.5 Å². The molecule has 3 rings (SSSR count). The van der Waals surface area contributed by atoms with E-state index in [1.165, 1.54) is 0 Å². The maximum absolute atomic E-state index is 5.26. The molecule has 0 aliphatic carbocycles. The first kappa shape index (κ1) is 13.2. The zero-order valence-corrected chi connectivity index (χ0v) is 12.3. The molecule has 0 aliphatic heterocycles. The number of pyridine rings is 1. The molecule has 0 fully saturated rings. The largest absolute Gasteiger partial charge is 0.338 e. The normalized spacial score (nSPS) is 11.6. The first-order valence-electron chi connectivity index (χ1n) is 6.58. The third-order valence-corrected chi connectivity index (χ3v) is 3.78. The molecule has 20 heavy (non-hydrogen) atoms. The topological polar surface area (TPSA) is 56.2 Å². The molecule has 0 N–H and O–H groups in total. The monoisotopic (exact) mass is 288 g/mol. The zero-order valence-electron chi connectivity index (χ0n) is 11.5. The van der Waals surface area contributed by atoms with E-state index in [2.05, 4.69) is 33.4 Å². The predicted octanol–water partition coefficient (Wildman–Crippen LogP) is 3.21. The van der Waals surface area contributed by atoms with Gasteiger partial charge in [-0.2, -0.15) is 4.98 Å². The van der Waals surface area contributed by atoms with E-state index in [9.17, 15) is 0 Å². The van der Waals surface area contributed by atoms with Crippen molar-refractivity contribution in [1.82, 2.24) is 19.5 Å². The van der Waals surface area contributed by atoms with Crippen LogP contribution in [0, 0.1) is 5.92 Å². The molecular formula is C14H16N4OS. The van der Waals surface area contributed by atoms with Crippen molar-refractivity contribution in [2.24, 2.45) is 5.92 Å². The molecule has 0 amide bonds. The Balaban J connectivity index is 1.68. The lowest BCUT2D eigenvalue weighted by atomic mass is 10.1. The number of aromatic nitrogens is 4. The van der Waals surface area contributed by atoms with E-state index in [0.717, 1.165) is 22.9 Å². The summed E-state index contributed by atoms with van der Waals surface area (Å²) in [5, 5.41) is 4.93. The Morgan fingerprint density at radius 3 is 3.10 bits per heavy atom. The van der Waals surface area contributed by atoms with E-state index in [1.54, 1.807) is 11.8 Å². The van der Waals surface area contributed by atoms with Gasteiger partial charge >= 0.3 is 0 Å². The van der Waals surface area contributed by atoms with Crippen LogP contribution in [0.4, 0.5) is 0 Å². The molecule has 0 atom stereocenters. The van der Waals surface area contributed by atoms with Crippen LogP contribution in [0.3, 0.4) is 0 Å². The Morgan fingerprint density at radius 1 is 1.35 bits per heavy atom. The van der Waals surface area contributed by atoms with Gasteiger partial charge in [-0.3, -0.25) is 4.40 Å². The van der Waals surface area contributed by atoms with Crippen LogP contribution < -0.4 is 0 Å². The molecular weight excluding hydrogens is 272 g/mol. The maximum atomic E-state index is 5.26. The SMILES string of the molecule is CC(C)Cc1noc(CSc2ncc3ccccn23)n1. The van der Waals surface area contributed by atoms with E-state index in [0.29, 0.717) is 17.6 Å². The Bertz CT molecular complexity index is 704. The van der Waals surface area contributed by atoms with Crippen LogP contribution in [0.25, 0.3) is 5.52 Å². The number of rotatable bonds is 5. The summed E-state index contributed by atoms with van der Waals surface area (Å²) >= 11 is 1.60. The molecule has 6 heteroatoms. The summed E-state index contributed by atoms with van der Waals surface area (Å²) in [7, 11) is 0. The molecule has 0 saturated carbocycles. The minimum atomic E-state index is 0.532. The lowest BCUT2D eigenvalue weighted by Gasteiger charge is -1.98. The van der Waals surface area contributed by atoms with Gasteiger partial charge in [0.05, 0.1) is 17.5 Å². The van der Waals surface area contributed by atoms with Gasteiger partial charge in [0.1, 0.15) is 0 Å². The first-order valence-corrected chi connectivity index (χ1v) is 7.57. The molecule has 5 nitrogen and oxygen atoms in total. The molecule has 0 radical (unpaired) electrons. The fraction of sp³-hybridized carbons (Fsp3) is 0.357. The molecule has 3 aromatic heterocycles.